The lowest BCUT2D eigenvalue weighted by molar-refractivity contribution is 0.414. The van der Waals surface area contributed by atoms with Gasteiger partial charge in [-0.15, -0.1) is 0 Å². The van der Waals surface area contributed by atoms with Crippen LogP contribution in [0.25, 0.3) is 11.0 Å². The molecule has 0 bridgehead atoms. The first-order valence-corrected chi connectivity index (χ1v) is 8.05. The molecule has 118 valence electrons. The summed E-state index contributed by atoms with van der Waals surface area (Å²) in [6.45, 7) is 2.87. The van der Waals surface area contributed by atoms with Crippen LogP contribution in [0, 0.1) is 5.92 Å². The van der Waals surface area contributed by atoms with E-state index in [1.165, 1.54) is 0 Å². The number of fused-ring (bicyclic) bond motifs is 1. The van der Waals surface area contributed by atoms with Gasteiger partial charge in [0.15, 0.2) is 5.15 Å². The first-order chi connectivity index (χ1) is 11.1. The van der Waals surface area contributed by atoms with Gasteiger partial charge in [0, 0.05) is 5.92 Å². The summed E-state index contributed by atoms with van der Waals surface area (Å²) in [5.41, 5.74) is 2.61. The minimum absolute atomic E-state index is 0.442. The third kappa shape index (κ3) is 2.77. The van der Waals surface area contributed by atoms with E-state index >= 15 is 0 Å². The van der Waals surface area contributed by atoms with Crippen LogP contribution in [0.3, 0.4) is 0 Å². The number of nitrogens with zero attached hydrogens (tertiary/aromatic N) is 4. The molecule has 0 radical (unpaired) electrons. The Labute approximate surface area is 139 Å². The summed E-state index contributed by atoms with van der Waals surface area (Å²) in [6.07, 6.45) is 3.07. The van der Waals surface area contributed by atoms with Crippen molar-refractivity contribution < 1.29 is 4.74 Å². The van der Waals surface area contributed by atoms with Gasteiger partial charge < -0.3 is 4.74 Å². The molecule has 2 aromatic heterocycles. The highest BCUT2D eigenvalue weighted by atomic mass is 35.5. The molecule has 2 atom stereocenters. The van der Waals surface area contributed by atoms with E-state index in [0.29, 0.717) is 29.1 Å². The monoisotopic (exact) mass is 328 g/mol. The molecule has 0 N–H and O–H groups in total. The number of ether oxygens (including phenoxy) is 1. The second kappa shape index (κ2) is 5.49. The number of hydrogen-bond donors (Lipinski definition) is 0. The molecule has 5 nitrogen and oxygen atoms in total. The van der Waals surface area contributed by atoms with E-state index in [4.69, 9.17) is 16.3 Å². The summed E-state index contributed by atoms with van der Waals surface area (Å²) in [5, 5.41) is 4.96. The van der Waals surface area contributed by atoms with E-state index in [2.05, 4.69) is 22.0 Å². The molecule has 4 rings (SSSR count). The van der Waals surface area contributed by atoms with Gasteiger partial charge in [-0.25, -0.2) is 9.97 Å². The fraction of sp³-hybridized carbons (Fsp3) is 0.353. The Balaban J connectivity index is 1.64. The van der Waals surface area contributed by atoms with Crippen molar-refractivity contribution >= 4 is 22.6 Å². The van der Waals surface area contributed by atoms with Crippen molar-refractivity contribution in [3.8, 4) is 5.75 Å². The Bertz CT molecular complexity index is 859. The zero-order valence-electron chi connectivity index (χ0n) is 13.0. The van der Waals surface area contributed by atoms with E-state index in [1.807, 2.05) is 35.1 Å². The summed E-state index contributed by atoms with van der Waals surface area (Å²) in [6, 6.07) is 7.93. The summed E-state index contributed by atoms with van der Waals surface area (Å²) in [7, 11) is 1.66. The molecule has 0 amide bonds. The van der Waals surface area contributed by atoms with Gasteiger partial charge in [-0.2, -0.15) is 5.10 Å². The predicted octanol–water partition coefficient (Wildman–Crippen LogP) is 3.66. The third-order valence-corrected chi connectivity index (χ3v) is 4.59. The fourth-order valence-corrected chi connectivity index (χ4v) is 3.01. The molecule has 2 heterocycles. The van der Waals surface area contributed by atoms with Crippen LogP contribution in [0.1, 0.15) is 30.7 Å². The van der Waals surface area contributed by atoms with Crippen molar-refractivity contribution in [3.63, 3.8) is 0 Å². The van der Waals surface area contributed by atoms with Crippen LogP contribution in [-0.4, -0.2) is 26.9 Å². The number of hydrogen-bond acceptors (Lipinski definition) is 4. The lowest BCUT2D eigenvalue weighted by Gasteiger charge is -2.03. The highest BCUT2D eigenvalue weighted by Crippen LogP contribution is 2.45. The largest absolute Gasteiger partial charge is 0.497 e. The van der Waals surface area contributed by atoms with Crippen molar-refractivity contribution in [1.29, 1.82) is 0 Å². The number of methoxy groups -OCH3 is 1. The number of rotatable bonds is 4. The van der Waals surface area contributed by atoms with Gasteiger partial charge in [0.05, 0.1) is 19.9 Å². The van der Waals surface area contributed by atoms with Gasteiger partial charge in [0.2, 0.25) is 0 Å². The standard InChI is InChI=1S/C17H17ClN4O/c1-10-7-13(10)17-19-14-9-22(21-15(14)16(18)20-17)8-11-3-5-12(23-2)6-4-11/h3-6,9-10,13H,7-8H2,1-2H3. The number of halogens is 1. The maximum Gasteiger partial charge on any atom is 0.160 e. The second-order valence-corrected chi connectivity index (χ2v) is 6.46. The van der Waals surface area contributed by atoms with Crippen LogP contribution in [0.5, 0.6) is 5.75 Å². The first kappa shape index (κ1) is 14.5. The Morgan fingerprint density at radius 1 is 1.26 bits per heavy atom. The van der Waals surface area contributed by atoms with E-state index in [-0.39, 0.29) is 0 Å². The zero-order chi connectivity index (χ0) is 16.0. The van der Waals surface area contributed by atoms with Crippen LogP contribution < -0.4 is 4.74 Å². The maximum absolute atomic E-state index is 6.29. The maximum atomic E-state index is 6.29. The highest BCUT2D eigenvalue weighted by molar-refractivity contribution is 6.33. The Hall–Kier alpha value is -2.14. The van der Waals surface area contributed by atoms with Gasteiger partial charge >= 0.3 is 0 Å². The molecule has 6 heteroatoms. The summed E-state index contributed by atoms with van der Waals surface area (Å²) >= 11 is 6.29. The van der Waals surface area contributed by atoms with E-state index < -0.39 is 0 Å². The third-order valence-electron chi connectivity index (χ3n) is 4.33. The molecule has 0 saturated heterocycles. The Kier molecular flexibility index (Phi) is 3.45. The smallest absolute Gasteiger partial charge is 0.160 e. The normalized spacial score (nSPS) is 20.0. The summed E-state index contributed by atoms with van der Waals surface area (Å²) in [5.74, 6) is 2.79. The van der Waals surface area contributed by atoms with Crippen LogP contribution in [0.4, 0.5) is 0 Å². The topological polar surface area (TPSA) is 52.8 Å². The SMILES string of the molecule is COc1ccc(Cn2cc3nc(C4CC4C)nc(Cl)c3n2)cc1. The molecular weight excluding hydrogens is 312 g/mol. The summed E-state index contributed by atoms with van der Waals surface area (Å²) in [4.78, 5) is 9.06. The van der Waals surface area contributed by atoms with Gasteiger partial charge in [0.25, 0.3) is 0 Å². The van der Waals surface area contributed by atoms with Crippen molar-refractivity contribution in [2.45, 2.75) is 25.8 Å². The fourth-order valence-electron chi connectivity index (χ4n) is 2.79. The van der Waals surface area contributed by atoms with Crippen molar-refractivity contribution in [2.24, 2.45) is 5.92 Å². The molecule has 3 aromatic rings. The van der Waals surface area contributed by atoms with Crippen LogP contribution in [0.2, 0.25) is 5.15 Å². The minimum atomic E-state index is 0.442. The Morgan fingerprint density at radius 3 is 2.65 bits per heavy atom. The average molecular weight is 329 g/mol. The zero-order valence-corrected chi connectivity index (χ0v) is 13.8. The number of aromatic nitrogens is 4. The van der Waals surface area contributed by atoms with Gasteiger partial charge in [0.1, 0.15) is 22.6 Å². The van der Waals surface area contributed by atoms with Crippen molar-refractivity contribution in [2.75, 3.05) is 7.11 Å². The molecule has 23 heavy (non-hydrogen) atoms. The van der Waals surface area contributed by atoms with Crippen LogP contribution in [0.15, 0.2) is 30.5 Å². The van der Waals surface area contributed by atoms with Gasteiger partial charge in [-0.3, -0.25) is 4.68 Å². The predicted molar refractivity (Wildman–Crippen MR) is 89.0 cm³/mol. The molecule has 1 saturated carbocycles. The summed E-state index contributed by atoms with van der Waals surface area (Å²) < 4.78 is 7.03. The van der Waals surface area contributed by atoms with Crippen LogP contribution in [-0.2, 0) is 6.54 Å². The molecule has 0 aliphatic heterocycles. The van der Waals surface area contributed by atoms with Crippen molar-refractivity contribution in [3.05, 3.63) is 47.0 Å². The Morgan fingerprint density at radius 2 is 2.00 bits per heavy atom. The van der Waals surface area contributed by atoms with Crippen molar-refractivity contribution in [1.82, 2.24) is 19.7 Å². The molecule has 0 spiro atoms. The van der Waals surface area contributed by atoms with E-state index in [0.717, 1.165) is 29.1 Å². The average Bonchev–Trinajstić information content (AvgIpc) is 3.13. The number of benzene rings is 1. The van der Waals surface area contributed by atoms with Gasteiger partial charge in [-0.1, -0.05) is 30.7 Å². The molecule has 1 aliphatic rings. The second-order valence-electron chi connectivity index (χ2n) is 6.10. The minimum Gasteiger partial charge on any atom is -0.497 e. The molecular formula is C17H17ClN4O. The highest BCUT2D eigenvalue weighted by Gasteiger charge is 2.37. The molecule has 2 unspecified atom stereocenters. The van der Waals surface area contributed by atoms with Crippen LogP contribution >= 0.6 is 11.6 Å². The molecule has 1 fully saturated rings. The molecule has 1 aliphatic carbocycles. The van der Waals surface area contributed by atoms with Gasteiger partial charge in [-0.05, 0) is 30.0 Å². The van der Waals surface area contributed by atoms with E-state index in [1.54, 1.807) is 7.11 Å². The lowest BCUT2D eigenvalue weighted by atomic mass is 10.2. The molecule has 1 aromatic carbocycles. The quantitative estimate of drug-likeness (QED) is 0.686. The first-order valence-electron chi connectivity index (χ1n) is 7.67. The van der Waals surface area contributed by atoms with E-state index in [9.17, 15) is 0 Å². The lowest BCUT2D eigenvalue weighted by Crippen LogP contribution is -1.99.